The number of allylic oxidation sites excluding steroid dienone is 4. The van der Waals surface area contributed by atoms with Gasteiger partial charge in [0.25, 0.3) is 0 Å². The highest BCUT2D eigenvalue weighted by Crippen LogP contribution is 2.35. The summed E-state index contributed by atoms with van der Waals surface area (Å²) in [5.74, 6) is 1.81. The Labute approximate surface area is 312 Å². The Morgan fingerprint density at radius 1 is 0.509 bits per heavy atom. The Balaban J connectivity index is 1.01. The Morgan fingerprint density at radius 2 is 0.943 bits per heavy atom. The molecule has 4 nitrogen and oxygen atoms in total. The lowest BCUT2D eigenvalue weighted by Gasteiger charge is -2.17. The third kappa shape index (κ3) is 6.29. The van der Waals surface area contributed by atoms with Crippen LogP contribution in [0.25, 0.3) is 45.8 Å². The van der Waals surface area contributed by atoms with Gasteiger partial charge in [-0.2, -0.15) is 0 Å². The van der Waals surface area contributed by atoms with Crippen molar-refractivity contribution >= 4 is 55.7 Å². The summed E-state index contributed by atoms with van der Waals surface area (Å²) < 4.78 is 39.0. The second kappa shape index (κ2) is 13.4. The van der Waals surface area contributed by atoms with Gasteiger partial charge in [-0.25, -0.2) is 8.42 Å². The van der Waals surface area contributed by atoms with Crippen molar-refractivity contribution in [1.29, 1.82) is 0 Å². The Hall–Kier alpha value is -5.65. The smallest absolute Gasteiger partial charge is 0.206 e. The van der Waals surface area contributed by atoms with Crippen LogP contribution in [0.4, 0.5) is 0 Å². The van der Waals surface area contributed by atoms with Gasteiger partial charge in [0.15, 0.2) is 0 Å². The van der Waals surface area contributed by atoms with Crippen molar-refractivity contribution in [2.45, 2.75) is 50.3 Å². The van der Waals surface area contributed by atoms with E-state index in [1.165, 1.54) is 43.8 Å². The van der Waals surface area contributed by atoms with Crippen LogP contribution in [-0.4, -0.2) is 22.6 Å². The summed E-state index contributed by atoms with van der Waals surface area (Å²) >= 11 is 0. The van der Waals surface area contributed by atoms with Crippen LogP contribution in [0.1, 0.15) is 55.6 Å². The molecular weight excluding hydrogens is 673 g/mol. The zero-order valence-corrected chi connectivity index (χ0v) is 31.8. The first-order chi connectivity index (χ1) is 25.5. The summed E-state index contributed by atoms with van der Waals surface area (Å²) in [5, 5.41) is 4.83. The van der Waals surface area contributed by atoms with Crippen molar-refractivity contribution in [1.82, 2.24) is 0 Å². The number of fused-ring (bicyclic) bond motifs is 4. The average molecular weight is 715 g/mol. The molecule has 0 fully saturated rings. The molecule has 5 heteroatoms. The van der Waals surface area contributed by atoms with E-state index in [4.69, 9.17) is 9.47 Å². The van der Waals surface area contributed by atoms with E-state index in [1.807, 2.05) is 36.4 Å². The van der Waals surface area contributed by atoms with Crippen molar-refractivity contribution in [3.63, 3.8) is 0 Å². The van der Waals surface area contributed by atoms with Crippen molar-refractivity contribution < 1.29 is 17.9 Å². The standard InChI is InChI=1S/C48H42O4S/c1-29-19-47(51-5)31(3)43-17-9-35(25-45(29)43)21-33-7-11-39-27-41(15-13-37(39)23-33)53(49,50)42-16-14-38-24-34(8-12-40(38)28-42)22-36-10-18-44-32(4)48(52-6)20-30(2)46(44)26-36/h7-22,25-28H,23-24H2,1-6H3. The van der Waals surface area contributed by atoms with E-state index in [-0.39, 0.29) is 0 Å². The number of methoxy groups -OCH3 is 2. The van der Waals surface area contributed by atoms with Gasteiger partial charge in [-0.15, -0.1) is 0 Å². The zero-order valence-electron chi connectivity index (χ0n) is 31.0. The minimum Gasteiger partial charge on any atom is -0.496 e. The van der Waals surface area contributed by atoms with Crippen LogP contribution in [0.2, 0.25) is 0 Å². The molecule has 2 aliphatic rings. The van der Waals surface area contributed by atoms with Crippen LogP contribution in [-0.2, 0) is 22.7 Å². The number of hydrogen-bond donors (Lipinski definition) is 0. The lowest BCUT2D eigenvalue weighted by atomic mass is 9.92. The van der Waals surface area contributed by atoms with Gasteiger partial charge >= 0.3 is 0 Å². The highest BCUT2D eigenvalue weighted by Gasteiger charge is 2.22. The molecule has 8 rings (SSSR count). The molecule has 0 aromatic heterocycles. The molecule has 0 amide bonds. The molecule has 0 radical (unpaired) electrons. The van der Waals surface area contributed by atoms with Gasteiger partial charge in [0.2, 0.25) is 9.84 Å². The number of hydrogen-bond acceptors (Lipinski definition) is 4. The molecule has 2 aliphatic carbocycles. The molecule has 0 aliphatic heterocycles. The lowest BCUT2D eigenvalue weighted by Crippen LogP contribution is -2.06. The number of rotatable bonds is 6. The maximum atomic E-state index is 13.9. The van der Waals surface area contributed by atoms with Crippen LogP contribution < -0.4 is 9.47 Å². The second-order valence-corrected chi connectivity index (χ2v) is 16.3. The van der Waals surface area contributed by atoms with E-state index in [2.05, 4.69) is 101 Å². The average Bonchev–Trinajstić information content (AvgIpc) is 3.17. The molecule has 53 heavy (non-hydrogen) atoms. The maximum absolute atomic E-state index is 13.9. The SMILES string of the molecule is COc1cc(C)c2cc(C=C3C=Cc4cc(S(=O)(=O)c5ccc6c(c5)C=CC(=Cc5ccc7c(C)c(OC)cc(C)c7c5)C6)ccc4C3)ccc2c1C. The fourth-order valence-corrected chi connectivity index (χ4v) is 9.22. The highest BCUT2D eigenvalue weighted by atomic mass is 32.2. The van der Waals surface area contributed by atoms with E-state index in [0.717, 1.165) is 68.8 Å². The predicted molar refractivity (Wildman–Crippen MR) is 220 cm³/mol. The molecule has 6 aromatic rings. The molecule has 0 heterocycles. The topological polar surface area (TPSA) is 52.6 Å². The largest absolute Gasteiger partial charge is 0.496 e. The van der Waals surface area contributed by atoms with Gasteiger partial charge in [0, 0.05) is 0 Å². The summed E-state index contributed by atoms with van der Waals surface area (Å²) in [6, 6.07) is 28.3. The molecule has 6 aromatic carbocycles. The third-order valence-electron chi connectivity index (χ3n) is 10.9. The fraction of sp³-hybridized carbons (Fsp3) is 0.167. The lowest BCUT2D eigenvalue weighted by molar-refractivity contribution is 0.412. The number of aryl methyl sites for hydroxylation is 4. The maximum Gasteiger partial charge on any atom is 0.206 e. The Kier molecular flexibility index (Phi) is 8.71. The van der Waals surface area contributed by atoms with Crippen molar-refractivity contribution in [3.8, 4) is 11.5 Å². The van der Waals surface area contributed by atoms with Crippen molar-refractivity contribution in [3.05, 3.63) is 164 Å². The molecule has 0 unspecified atom stereocenters. The predicted octanol–water partition coefficient (Wildman–Crippen LogP) is 11.4. The van der Waals surface area contributed by atoms with Crippen LogP contribution in [0.3, 0.4) is 0 Å². The first kappa shape index (κ1) is 34.4. The van der Waals surface area contributed by atoms with Gasteiger partial charge in [-0.05, 0) is 177 Å². The van der Waals surface area contributed by atoms with Gasteiger partial charge in [-0.1, -0.05) is 72.9 Å². The summed E-state index contributed by atoms with van der Waals surface area (Å²) in [6.45, 7) is 8.42. The molecular formula is C48H42O4S. The van der Waals surface area contributed by atoms with E-state index in [0.29, 0.717) is 9.79 Å². The molecule has 0 bridgehead atoms. The molecule has 0 spiro atoms. The third-order valence-corrected chi connectivity index (χ3v) is 12.7. The quantitative estimate of drug-likeness (QED) is 0.172. The molecule has 0 atom stereocenters. The molecule has 0 saturated heterocycles. The molecule has 0 saturated carbocycles. The van der Waals surface area contributed by atoms with E-state index in [1.54, 1.807) is 26.4 Å². The summed E-state index contributed by atoms with van der Waals surface area (Å²) in [6.07, 6.45) is 14.2. The number of ether oxygens (including phenoxy) is 2. The van der Waals surface area contributed by atoms with E-state index in [9.17, 15) is 8.42 Å². The van der Waals surface area contributed by atoms with Crippen molar-refractivity contribution in [2.75, 3.05) is 14.2 Å². The molecule has 0 N–H and O–H groups in total. The summed E-state index contributed by atoms with van der Waals surface area (Å²) in [5.41, 5.74) is 13.4. The number of sulfone groups is 1. The highest BCUT2D eigenvalue weighted by molar-refractivity contribution is 7.91. The van der Waals surface area contributed by atoms with Crippen LogP contribution in [0.15, 0.2) is 118 Å². The second-order valence-electron chi connectivity index (χ2n) is 14.3. The zero-order chi connectivity index (χ0) is 37.0. The summed E-state index contributed by atoms with van der Waals surface area (Å²) in [4.78, 5) is 0.618. The van der Waals surface area contributed by atoms with Gasteiger partial charge < -0.3 is 9.47 Å². The minimum absolute atomic E-state index is 0.309. The van der Waals surface area contributed by atoms with Crippen LogP contribution in [0.5, 0.6) is 11.5 Å². The Morgan fingerprint density at radius 3 is 1.36 bits per heavy atom. The van der Waals surface area contributed by atoms with Gasteiger partial charge in [0.1, 0.15) is 11.5 Å². The Bertz CT molecular complexity index is 2560. The summed E-state index contributed by atoms with van der Waals surface area (Å²) in [7, 11) is -0.287. The minimum atomic E-state index is -3.71. The fourth-order valence-electron chi connectivity index (χ4n) is 7.89. The first-order valence-electron chi connectivity index (χ1n) is 18.0. The monoisotopic (exact) mass is 714 g/mol. The molecule has 264 valence electrons. The van der Waals surface area contributed by atoms with Crippen LogP contribution >= 0.6 is 0 Å². The van der Waals surface area contributed by atoms with Crippen molar-refractivity contribution in [2.24, 2.45) is 0 Å². The van der Waals surface area contributed by atoms with E-state index >= 15 is 0 Å². The van der Waals surface area contributed by atoms with E-state index < -0.39 is 9.84 Å². The number of benzene rings is 6. The normalized spacial score (nSPS) is 15.3. The van der Waals surface area contributed by atoms with Gasteiger partial charge in [0.05, 0.1) is 24.0 Å². The van der Waals surface area contributed by atoms with Gasteiger partial charge in [-0.3, -0.25) is 0 Å². The van der Waals surface area contributed by atoms with Crippen LogP contribution in [0, 0.1) is 27.7 Å². The first-order valence-corrected chi connectivity index (χ1v) is 19.4.